The van der Waals surface area contributed by atoms with Crippen LogP contribution in [0.3, 0.4) is 0 Å². The molecule has 0 unspecified atom stereocenters. The number of hydrazine groups is 1. The number of benzene rings is 1. The molecule has 0 saturated heterocycles. The van der Waals surface area contributed by atoms with Crippen molar-refractivity contribution < 1.29 is 4.79 Å². The highest BCUT2D eigenvalue weighted by Gasteiger charge is 1.95. The van der Waals surface area contributed by atoms with Crippen molar-refractivity contribution in [3.8, 4) is 0 Å². The Labute approximate surface area is 71.8 Å². The van der Waals surface area contributed by atoms with E-state index in [1.54, 1.807) is 0 Å². The van der Waals surface area contributed by atoms with Crippen LogP contribution < -0.4 is 10.9 Å². The first-order chi connectivity index (χ1) is 5.74. The van der Waals surface area contributed by atoms with Crippen molar-refractivity contribution in [2.24, 2.45) is 0 Å². The highest BCUT2D eigenvalue weighted by molar-refractivity contribution is 5.57. The van der Waals surface area contributed by atoms with Gasteiger partial charge in [0, 0.05) is 0 Å². The lowest BCUT2D eigenvalue weighted by Crippen LogP contribution is -2.19. The lowest BCUT2D eigenvalue weighted by atomic mass is 10.1. The molecule has 0 aliphatic heterocycles. The third-order valence-electron chi connectivity index (χ3n) is 1.66. The minimum atomic E-state index is 0.613. The first-order valence-electron chi connectivity index (χ1n) is 3.76. The van der Waals surface area contributed by atoms with E-state index < -0.39 is 0 Å². The smallest absolute Gasteiger partial charge is 0.225 e. The van der Waals surface area contributed by atoms with E-state index in [2.05, 4.69) is 10.9 Å². The summed E-state index contributed by atoms with van der Waals surface area (Å²) >= 11 is 0. The van der Waals surface area contributed by atoms with E-state index in [0.29, 0.717) is 6.41 Å². The summed E-state index contributed by atoms with van der Waals surface area (Å²) in [5, 5.41) is 0. The molecular formula is C9H12N2O. The van der Waals surface area contributed by atoms with Gasteiger partial charge in [-0.3, -0.25) is 15.6 Å². The summed E-state index contributed by atoms with van der Waals surface area (Å²) in [4.78, 5) is 10.0. The Bertz CT molecular complexity index is 284. The number of amides is 1. The van der Waals surface area contributed by atoms with E-state index in [0.717, 1.165) is 16.8 Å². The standard InChI is InChI=1S/C9H12N2O/c1-7-3-4-8(2)9(5-7)11-10-6-12/h3-6,11H,1-2H3,(H,10,12). The zero-order valence-corrected chi connectivity index (χ0v) is 7.22. The Morgan fingerprint density at radius 3 is 2.75 bits per heavy atom. The van der Waals surface area contributed by atoms with Crippen LogP contribution >= 0.6 is 0 Å². The number of carbonyl (C=O) groups excluding carboxylic acids is 1. The zero-order valence-electron chi connectivity index (χ0n) is 7.22. The fourth-order valence-corrected chi connectivity index (χ4v) is 0.978. The van der Waals surface area contributed by atoms with Crippen LogP contribution in [0.5, 0.6) is 0 Å². The van der Waals surface area contributed by atoms with E-state index in [-0.39, 0.29) is 0 Å². The molecule has 1 aromatic rings. The first-order valence-corrected chi connectivity index (χ1v) is 3.76. The number of hydrogen-bond acceptors (Lipinski definition) is 2. The van der Waals surface area contributed by atoms with E-state index in [9.17, 15) is 4.79 Å². The molecule has 0 spiro atoms. The molecule has 3 nitrogen and oxygen atoms in total. The normalized spacial score (nSPS) is 9.17. The maximum atomic E-state index is 10.0. The van der Waals surface area contributed by atoms with Crippen LogP contribution in [0.15, 0.2) is 18.2 Å². The quantitative estimate of drug-likeness (QED) is 0.523. The summed E-state index contributed by atoms with van der Waals surface area (Å²) in [6.07, 6.45) is 0.613. The van der Waals surface area contributed by atoms with Crippen LogP contribution in [0.1, 0.15) is 11.1 Å². The maximum absolute atomic E-state index is 10.0. The molecule has 1 rings (SSSR count). The molecular weight excluding hydrogens is 152 g/mol. The zero-order chi connectivity index (χ0) is 8.97. The number of rotatable bonds is 3. The van der Waals surface area contributed by atoms with Gasteiger partial charge in [-0.15, -0.1) is 0 Å². The van der Waals surface area contributed by atoms with Gasteiger partial charge in [-0.25, -0.2) is 0 Å². The monoisotopic (exact) mass is 164 g/mol. The molecule has 0 heterocycles. The number of aryl methyl sites for hydroxylation is 2. The molecule has 0 saturated carbocycles. The maximum Gasteiger partial charge on any atom is 0.225 e. The van der Waals surface area contributed by atoms with Crippen LogP contribution in [-0.2, 0) is 4.79 Å². The molecule has 0 aromatic heterocycles. The Balaban J connectivity index is 2.82. The van der Waals surface area contributed by atoms with E-state index in [1.807, 2.05) is 32.0 Å². The molecule has 0 atom stereocenters. The van der Waals surface area contributed by atoms with E-state index in [4.69, 9.17) is 0 Å². The average Bonchev–Trinajstić information content (AvgIpc) is 2.07. The van der Waals surface area contributed by atoms with Gasteiger partial charge in [0.15, 0.2) is 0 Å². The molecule has 0 fully saturated rings. The highest BCUT2D eigenvalue weighted by Crippen LogP contribution is 2.14. The molecule has 12 heavy (non-hydrogen) atoms. The summed E-state index contributed by atoms with van der Waals surface area (Å²) < 4.78 is 0. The van der Waals surface area contributed by atoms with Crippen LogP contribution in [0.4, 0.5) is 5.69 Å². The van der Waals surface area contributed by atoms with Gasteiger partial charge in [-0.2, -0.15) is 0 Å². The van der Waals surface area contributed by atoms with Gasteiger partial charge in [0.2, 0.25) is 6.41 Å². The average molecular weight is 164 g/mol. The van der Waals surface area contributed by atoms with Gasteiger partial charge in [0.25, 0.3) is 0 Å². The minimum Gasteiger partial charge on any atom is -0.299 e. The molecule has 3 heteroatoms. The van der Waals surface area contributed by atoms with E-state index in [1.165, 1.54) is 0 Å². The summed E-state index contributed by atoms with van der Waals surface area (Å²) in [6, 6.07) is 6.01. The Kier molecular flexibility index (Phi) is 2.69. The molecule has 64 valence electrons. The highest BCUT2D eigenvalue weighted by atomic mass is 16.1. The second-order valence-electron chi connectivity index (χ2n) is 2.71. The molecule has 0 aliphatic carbocycles. The van der Waals surface area contributed by atoms with Crippen molar-refractivity contribution in [2.45, 2.75) is 13.8 Å². The summed E-state index contributed by atoms with van der Waals surface area (Å²) in [5.74, 6) is 0. The van der Waals surface area contributed by atoms with E-state index >= 15 is 0 Å². The molecule has 2 N–H and O–H groups in total. The van der Waals surface area contributed by atoms with Crippen LogP contribution in [-0.4, -0.2) is 6.41 Å². The van der Waals surface area contributed by atoms with Crippen molar-refractivity contribution in [1.29, 1.82) is 0 Å². The SMILES string of the molecule is Cc1ccc(C)c(NNC=O)c1. The Morgan fingerprint density at radius 2 is 2.08 bits per heavy atom. The Hall–Kier alpha value is -1.51. The second-order valence-corrected chi connectivity index (χ2v) is 2.71. The third kappa shape index (κ3) is 1.99. The second kappa shape index (κ2) is 3.76. The predicted octanol–water partition coefficient (Wildman–Crippen LogP) is 1.38. The first kappa shape index (κ1) is 8.59. The third-order valence-corrected chi connectivity index (χ3v) is 1.66. The molecule has 0 aliphatic rings. The van der Waals surface area contributed by atoms with Gasteiger partial charge in [-0.1, -0.05) is 12.1 Å². The predicted molar refractivity (Wildman–Crippen MR) is 48.7 cm³/mol. The molecule has 1 amide bonds. The lowest BCUT2D eigenvalue weighted by Gasteiger charge is -2.07. The topological polar surface area (TPSA) is 41.1 Å². The van der Waals surface area contributed by atoms with Gasteiger partial charge in [0.1, 0.15) is 0 Å². The fourth-order valence-electron chi connectivity index (χ4n) is 0.978. The summed E-state index contributed by atoms with van der Waals surface area (Å²) in [7, 11) is 0. The van der Waals surface area contributed by atoms with Crippen molar-refractivity contribution in [1.82, 2.24) is 5.43 Å². The molecule has 0 bridgehead atoms. The van der Waals surface area contributed by atoms with Crippen LogP contribution in [0.25, 0.3) is 0 Å². The minimum absolute atomic E-state index is 0.613. The molecule has 1 aromatic carbocycles. The van der Waals surface area contributed by atoms with Crippen molar-refractivity contribution >= 4 is 12.1 Å². The number of anilines is 1. The summed E-state index contributed by atoms with van der Waals surface area (Å²) in [6.45, 7) is 3.99. The number of nitrogens with one attached hydrogen (secondary N) is 2. The Morgan fingerprint density at radius 1 is 1.33 bits per heavy atom. The molecule has 0 radical (unpaired) electrons. The van der Waals surface area contributed by atoms with Gasteiger partial charge in [0.05, 0.1) is 5.69 Å². The fraction of sp³-hybridized carbons (Fsp3) is 0.222. The van der Waals surface area contributed by atoms with Gasteiger partial charge >= 0.3 is 0 Å². The van der Waals surface area contributed by atoms with Crippen molar-refractivity contribution in [3.05, 3.63) is 29.3 Å². The van der Waals surface area contributed by atoms with Gasteiger partial charge in [-0.05, 0) is 31.0 Å². The number of hydrogen-bond donors (Lipinski definition) is 2. The summed E-state index contributed by atoms with van der Waals surface area (Å²) in [5.41, 5.74) is 8.39. The lowest BCUT2D eigenvalue weighted by molar-refractivity contribution is -0.109. The van der Waals surface area contributed by atoms with Gasteiger partial charge < -0.3 is 0 Å². The van der Waals surface area contributed by atoms with Crippen LogP contribution in [0, 0.1) is 13.8 Å². The number of carbonyl (C=O) groups is 1. The largest absolute Gasteiger partial charge is 0.299 e. The van der Waals surface area contributed by atoms with Crippen molar-refractivity contribution in [2.75, 3.05) is 5.43 Å². The van der Waals surface area contributed by atoms with Crippen LogP contribution in [0.2, 0.25) is 0 Å². The van der Waals surface area contributed by atoms with Crippen molar-refractivity contribution in [3.63, 3.8) is 0 Å².